The summed E-state index contributed by atoms with van der Waals surface area (Å²) >= 11 is 6.33. The molecular formula is C27H28ClN3O8. The van der Waals surface area contributed by atoms with Crippen molar-refractivity contribution in [1.29, 1.82) is 0 Å². The van der Waals surface area contributed by atoms with Gasteiger partial charge in [0.15, 0.2) is 11.5 Å². The SMILES string of the molecule is COCCOc1c(OC)cc2cc(C(=O)N3C[C@@H](CCl)c4c3cc(O)c3[nH]c(C(=O)OC)cc43)[nH]c2c1OC. The van der Waals surface area contributed by atoms with Gasteiger partial charge in [-0.2, -0.15) is 0 Å². The Morgan fingerprint density at radius 1 is 1.00 bits per heavy atom. The second kappa shape index (κ2) is 10.6. The van der Waals surface area contributed by atoms with Gasteiger partial charge in [0.25, 0.3) is 5.91 Å². The van der Waals surface area contributed by atoms with E-state index in [1.807, 2.05) is 0 Å². The quantitative estimate of drug-likeness (QED) is 0.158. The smallest absolute Gasteiger partial charge is 0.354 e. The summed E-state index contributed by atoms with van der Waals surface area (Å²) < 4.78 is 26.9. The number of ether oxygens (including phenoxy) is 5. The molecule has 0 saturated heterocycles. The number of amides is 1. The molecule has 2 aromatic carbocycles. The summed E-state index contributed by atoms with van der Waals surface area (Å²) in [5, 5.41) is 12.1. The monoisotopic (exact) mass is 557 g/mol. The summed E-state index contributed by atoms with van der Waals surface area (Å²) in [7, 11) is 5.89. The molecule has 1 aliphatic rings. The number of fused-ring (bicyclic) bond motifs is 4. The molecule has 0 spiro atoms. The number of halogens is 1. The Hall–Kier alpha value is -4.09. The highest BCUT2D eigenvalue weighted by Gasteiger charge is 2.36. The van der Waals surface area contributed by atoms with Gasteiger partial charge in [0, 0.05) is 42.3 Å². The molecule has 206 valence electrons. The number of phenols is 1. The minimum atomic E-state index is -0.569. The van der Waals surface area contributed by atoms with E-state index in [0.29, 0.717) is 57.0 Å². The number of aromatic nitrogens is 2. The number of phenolic OH excluding ortho intramolecular Hbond substituents is 1. The van der Waals surface area contributed by atoms with Gasteiger partial charge in [-0.3, -0.25) is 4.79 Å². The first-order valence-electron chi connectivity index (χ1n) is 12.1. The number of aromatic amines is 2. The van der Waals surface area contributed by atoms with E-state index >= 15 is 0 Å². The molecule has 39 heavy (non-hydrogen) atoms. The van der Waals surface area contributed by atoms with Crippen LogP contribution in [0.4, 0.5) is 5.69 Å². The highest BCUT2D eigenvalue weighted by Crippen LogP contribution is 2.47. The molecule has 0 saturated carbocycles. The summed E-state index contributed by atoms with van der Waals surface area (Å²) in [4.78, 5) is 33.6. The lowest BCUT2D eigenvalue weighted by atomic mass is 9.98. The number of H-pyrrole nitrogens is 2. The van der Waals surface area contributed by atoms with E-state index in [1.165, 1.54) is 27.4 Å². The van der Waals surface area contributed by atoms with Crippen molar-refractivity contribution < 1.29 is 38.4 Å². The van der Waals surface area contributed by atoms with Gasteiger partial charge in [0.2, 0.25) is 5.75 Å². The van der Waals surface area contributed by atoms with Gasteiger partial charge in [0.05, 0.1) is 44.7 Å². The topological polar surface area (TPSA) is 135 Å². The number of aromatic hydroxyl groups is 1. The van der Waals surface area contributed by atoms with Gasteiger partial charge >= 0.3 is 5.97 Å². The molecule has 5 rings (SSSR count). The van der Waals surface area contributed by atoms with Crippen LogP contribution in [0.5, 0.6) is 23.0 Å². The van der Waals surface area contributed by atoms with E-state index in [1.54, 1.807) is 30.2 Å². The van der Waals surface area contributed by atoms with Gasteiger partial charge in [-0.05, 0) is 23.8 Å². The van der Waals surface area contributed by atoms with Gasteiger partial charge in [-0.1, -0.05) is 0 Å². The van der Waals surface area contributed by atoms with Gasteiger partial charge < -0.3 is 43.7 Å². The van der Waals surface area contributed by atoms with E-state index < -0.39 is 5.97 Å². The van der Waals surface area contributed by atoms with Crippen molar-refractivity contribution in [3.05, 3.63) is 41.2 Å². The first-order chi connectivity index (χ1) is 18.9. The minimum Gasteiger partial charge on any atom is -0.506 e. The number of nitrogens with one attached hydrogen (secondary N) is 2. The molecule has 2 aromatic heterocycles. The van der Waals surface area contributed by atoms with E-state index in [-0.39, 0.29) is 42.3 Å². The maximum absolute atomic E-state index is 13.9. The Labute approximate surface area is 228 Å². The summed E-state index contributed by atoms with van der Waals surface area (Å²) in [5.41, 5.74) is 2.70. The largest absolute Gasteiger partial charge is 0.506 e. The number of anilines is 1. The highest BCUT2D eigenvalue weighted by atomic mass is 35.5. The third kappa shape index (κ3) is 4.37. The predicted molar refractivity (Wildman–Crippen MR) is 145 cm³/mol. The molecule has 0 bridgehead atoms. The Kier molecular flexibility index (Phi) is 7.19. The molecule has 3 heterocycles. The molecule has 3 N–H and O–H groups in total. The molecule has 1 amide bonds. The third-order valence-corrected chi connectivity index (χ3v) is 7.20. The fourth-order valence-corrected chi connectivity index (χ4v) is 5.31. The number of hydrogen-bond donors (Lipinski definition) is 3. The van der Waals surface area contributed by atoms with Gasteiger partial charge in [0.1, 0.15) is 23.7 Å². The molecule has 12 heteroatoms. The van der Waals surface area contributed by atoms with Crippen LogP contribution in [0.2, 0.25) is 0 Å². The summed E-state index contributed by atoms with van der Waals surface area (Å²) in [6.45, 7) is 0.938. The van der Waals surface area contributed by atoms with E-state index in [0.717, 1.165) is 5.56 Å². The standard InChI is InChI=1S/C27H28ClN3O8/c1-35-5-6-39-24-20(36-2)8-13-7-16(29-22(13)25(24)37-3)26(33)31-12-14(11-28)21-15-9-17(27(34)38-4)30-23(15)19(32)10-18(21)31/h7-10,14,29-30,32H,5-6,11-12H2,1-4H3/t14-/m1/s1. The zero-order valence-corrected chi connectivity index (χ0v) is 22.6. The summed E-state index contributed by atoms with van der Waals surface area (Å²) in [6, 6.07) is 6.59. The molecule has 1 atom stereocenters. The molecular weight excluding hydrogens is 530 g/mol. The van der Waals surface area contributed by atoms with Crippen molar-refractivity contribution >= 4 is 51.0 Å². The van der Waals surface area contributed by atoms with Crippen LogP contribution in [0, 0.1) is 0 Å². The highest BCUT2D eigenvalue weighted by molar-refractivity contribution is 6.19. The molecule has 0 unspecified atom stereocenters. The Morgan fingerprint density at radius 2 is 1.77 bits per heavy atom. The molecule has 0 aliphatic carbocycles. The fraction of sp³-hybridized carbons (Fsp3) is 0.333. The number of benzene rings is 2. The van der Waals surface area contributed by atoms with E-state index in [4.69, 9.17) is 35.3 Å². The van der Waals surface area contributed by atoms with Crippen molar-refractivity contribution in [2.75, 3.05) is 59.0 Å². The molecule has 11 nitrogen and oxygen atoms in total. The molecule has 0 fully saturated rings. The van der Waals surface area contributed by atoms with E-state index in [9.17, 15) is 14.7 Å². The maximum Gasteiger partial charge on any atom is 0.354 e. The number of rotatable bonds is 9. The van der Waals surface area contributed by atoms with Crippen LogP contribution in [0.3, 0.4) is 0 Å². The van der Waals surface area contributed by atoms with Crippen LogP contribution in [-0.4, -0.2) is 81.0 Å². The first-order valence-corrected chi connectivity index (χ1v) is 12.6. The second-order valence-electron chi connectivity index (χ2n) is 8.99. The Bertz CT molecular complexity index is 1580. The lowest BCUT2D eigenvalue weighted by Gasteiger charge is -2.17. The average Bonchev–Trinajstić information content (AvgIpc) is 3.67. The molecule has 1 aliphatic heterocycles. The molecule has 0 radical (unpaired) electrons. The Morgan fingerprint density at radius 3 is 2.44 bits per heavy atom. The summed E-state index contributed by atoms with van der Waals surface area (Å²) in [5.74, 6) is 0.231. The van der Waals surface area contributed by atoms with Crippen LogP contribution in [0.15, 0.2) is 24.3 Å². The van der Waals surface area contributed by atoms with E-state index in [2.05, 4.69) is 9.97 Å². The van der Waals surface area contributed by atoms with Crippen LogP contribution < -0.4 is 19.1 Å². The van der Waals surface area contributed by atoms with Crippen LogP contribution in [-0.2, 0) is 9.47 Å². The van der Waals surface area contributed by atoms with Gasteiger partial charge in [-0.25, -0.2) is 4.79 Å². The van der Waals surface area contributed by atoms with Crippen LogP contribution in [0.1, 0.15) is 32.5 Å². The normalized spacial score (nSPS) is 14.6. The maximum atomic E-state index is 13.9. The lowest BCUT2D eigenvalue weighted by Crippen LogP contribution is -2.30. The minimum absolute atomic E-state index is 0.104. The zero-order valence-electron chi connectivity index (χ0n) is 21.8. The summed E-state index contributed by atoms with van der Waals surface area (Å²) in [6.07, 6.45) is 0. The number of hydrogen-bond acceptors (Lipinski definition) is 8. The number of esters is 1. The van der Waals surface area contributed by atoms with Gasteiger partial charge in [-0.15, -0.1) is 11.6 Å². The van der Waals surface area contributed by atoms with Crippen molar-refractivity contribution in [1.82, 2.24) is 9.97 Å². The third-order valence-electron chi connectivity index (χ3n) is 6.83. The number of carbonyl (C=O) groups is 2. The average molecular weight is 558 g/mol. The first kappa shape index (κ1) is 26.5. The Balaban J connectivity index is 1.58. The van der Waals surface area contributed by atoms with Crippen LogP contribution in [0.25, 0.3) is 21.8 Å². The number of nitrogens with zero attached hydrogens (tertiary/aromatic N) is 1. The zero-order chi connectivity index (χ0) is 27.8. The van der Waals surface area contributed by atoms with Crippen molar-refractivity contribution in [2.24, 2.45) is 0 Å². The lowest BCUT2D eigenvalue weighted by molar-refractivity contribution is 0.0595. The number of alkyl halides is 1. The fourth-order valence-electron chi connectivity index (χ4n) is 5.06. The van der Waals surface area contributed by atoms with Crippen molar-refractivity contribution in [2.45, 2.75) is 5.92 Å². The van der Waals surface area contributed by atoms with Crippen LogP contribution >= 0.6 is 11.6 Å². The number of carbonyl (C=O) groups excluding carboxylic acids is 2. The second-order valence-corrected chi connectivity index (χ2v) is 9.30. The van der Waals surface area contributed by atoms with Crippen molar-refractivity contribution in [3.63, 3.8) is 0 Å². The number of methoxy groups -OCH3 is 4. The predicted octanol–water partition coefficient (Wildman–Crippen LogP) is 4.17. The molecule has 4 aromatic rings. The van der Waals surface area contributed by atoms with Crippen molar-refractivity contribution in [3.8, 4) is 23.0 Å².